The van der Waals surface area contributed by atoms with Gasteiger partial charge in [0.25, 0.3) is 0 Å². The molecule has 0 aromatic rings. The average Bonchev–Trinajstić information content (AvgIpc) is 2.62. The van der Waals surface area contributed by atoms with Crippen LogP contribution in [0.3, 0.4) is 0 Å². The molecule has 0 bridgehead atoms. The van der Waals surface area contributed by atoms with Gasteiger partial charge in [0.15, 0.2) is 5.78 Å². The highest BCUT2D eigenvalue weighted by Crippen LogP contribution is 2.29. The normalized spacial score (nSPS) is 23.5. The number of alkyl carbamates (subject to hydrolysis) is 1. The molecule has 1 aliphatic rings. The lowest BCUT2D eigenvalue weighted by molar-refractivity contribution is -0.115. The van der Waals surface area contributed by atoms with Gasteiger partial charge in [-0.1, -0.05) is 13.0 Å². The third-order valence-corrected chi connectivity index (χ3v) is 3.05. The molecule has 0 heterocycles. The molecule has 0 aliphatic heterocycles. The van der Waals surface area contributed by atoms with E-state index in [0.717, 1.165) is 19.3 Å². The van der Waals surface area contributed by atoms with Crippen LogP contribution in [0.15, 0.2) is 12.7 Å². The summed E-state index contributed by atoms with van der Waals surface area (Å²) in [7, 11) is 0. The zero-order chi connectivity index (χ0) is 13.8. The molecule has 4 nitrogen and oxygen atoms in total. The lowest BCUT2D eigenvalue weighted by Gasteiger charge is -2.24. The summed E-state index contributed by atoms with van der Waals surface area (Å²) < 4.78 is 5.22. The zero-order valence-corrected chi connectivity index (χ0v) is 11.5. The van der Waals surface area contributed by atoms with Gasteiger partial charge in [-0.15, -0.1) is 0 Å². The summed E-state index contributed by atoms with van der Waals surface area (Å²) in [5.74, 6) is 0.251. The molecule has 102 valence electrons. The van der Waals surface area contributed by atoms with E-state index in [1.165, 1.54) is 6.08 Å². The molecule has 1 aliphatic carbocycles. The molecule has 0 aromatic carbocycles. The molecule has 1 N–H and O–H groups in total. The standard InChI is InChI=1S/C14H23NO3/c1-5-11(16)9-10-7-6-8-12(10)15-13(17)18-14(2,3)4/h5,10,12H,1,6-9H2,2-4H3,(H,15,17)/t10-,12+/m0/s1. The molecular weight excluding hydrogens is 230 g/mol. The van der Waals surface area contributed by atoms with Crippen LogP contribution in [0, 0.1) is 5.92 Å². The van der Waals surface area contributed by atoms with E-state index in [1.807, 2.05) is 20.8 Å². The minimum Gasteiger partial charge on any atom is -0.444 e. The third kappa shape index (κ3) is 4.90. The van der Waals surface area contributed by atoms with Crippen LogP contribution in [0.5, 0.6) is 0 Å². The maximum absolute atomic E-state index is 11.7. The van der Waals surface area contributed by atoms with Gasteiger partial charge in [0.1, 0.15) is 5.60 Å². The van der Waals surface area contributed by atoms with E-state index in [9.17, 15) is 9.59 Å². The van der Waals surface area contributed by atoms with Gasteiger partial charge in [-0.2, -0.15) is 0 Å². The van der Waals surface area contributed by atoms with E-state index < -0.39 is 11.7 Å². The number of carbonyl (C=O) groups excluding carboxylic acids is 2. The van der Waals surface area contributed by atoms with Crippen LogP contribution in [-0.2, 0) is 9.53 Å². The molecule has 1 rings (SSSR count). The zero-order valence-electron chi connectivity index (χ0n) is 11.5. The van der Waals surface area contributed by atoms with E-state index in [2.05, 4.69) is 11.9 Å². The first-order chi connectivity index (χ1) is 8.31. The first-order valence-corrected chi connectivity index (χ1v) is 6.46. The summed E-state index contributed by atoms with van der Waals surface area (Å²) >= 11 is 0. The van der Waals surface area contributed by atoms with Gasteiger partial charge in [0, 0.05) is 12.5 Å². The molecular formula is C14H23NO3. The highest BCUT2D eigenvalue weighted by atomic mass is 16.6. The SMILES string of the molecule is C=CC(=O)C[C@@H]1CCC[C@H]1NC(=O)OC(C)(C)C. The van der Waals surface area contributed by atoms with Crippen molar-refractivity contribution in [3.8, 4) is 0 Å². The van der Waals surface area contributed by atoms with Crippen LogP contribution in [0.1, 0.15) is 46.5 Å². The number of ether oxygens (including phenoxy) is 1. The molecule has 1 fully saturated rings. The number of hydrogen-bond donors (Lipinski definition) is 1. The molecule has 4 heteroatoms. The second-order valence-electron chi connectivity index (χ2n) is 5.82. The van der Waals surface area contributed by atoms with Gasteiger partial charge in [0.2, 0.25) is 0 Å². The minimum absolute atomic E-state index is 0.0397. The Morgan fingerprint density at radius 2 is 2.06 bits per heavy atom. The predicted molar refractivity (Wildman–Crippen MR) is 70.3 cm³/mol. The van der Waals surface area contributed by atoms with Gasteiger partial charge in [-0.05, 0) is 45.6 Å². The Bertz CT molecular complexity index is 330. The highest BCUT2D eigenvalue weighted by Gasteiger charge is 2.30. The summed E-state index contributed by atoms with van der Waals surface area (Å²) in [5.41, 5.74) is -0.491. The summed E-state index contributed by atoms with van der Waals surface area (Å²) in [6.45, 7) is 8.98. The van der Waals surface area contributed by atoms with Crippen LogP contribution in [-0.4, -0.2) is 23.5 Å². The molecule has 1 saturated carbocycles. The van der Waals surface area contributed by atoms with Crippen molar-refractivity contribution in [2.45, 2.75) is 58.1 Å². The quantitative estimate of drug-likeness (QED) is 0.784. The molecule has 0 unspecified atom stereocenters. The van der Waals surface area contributed by atoms with E-state index in [0.29, 0.717) is 6.42 Å². The van der Waals surface area contributed by atoms with Crippen LogP contribution in [0.25, 0.3) is 0 Å². The number of amides is 1. The number of ketones is 1. The van der Waals surface area contributed by atoms with E-state index >= 15 is 0 Å². The van der Waals surface area contributed by atoms with Crippen LogP contribution in [0.2, 0.25) is 0 Å². The second kappa shape index (κ2) is 6.03. The summed E-state index contributed by atoms with van der Waals surface area (Å²) in [5, 5.41) is 2.87. The van der Waals surface area contributed by atoms with Gasteiger partial charge in [-0.3, -0.25) is 4.79 Å². The van der Waals surface area contributed by atoms with Gasteiger partial charge in [0.05, 0.1) is 0 Å². The molecule has 1 amide bonds. The molecule has 18 heavy (non-hydrogen) atoms. The van der Waals surface area contributed by atoms with Crippen molar-refractivity contribution in [2.75, 3.05) is 0 Å². The first-order valence-electron chi connectivity index (χ1n) is 6.46. The fourth-order valence-electron chi connectivity index (χ4n) is 2.27. The molecule has 0 saturated heterocycles. The highest BCUT2D eigenvalue weighted by molar-refractivity contribution is 5.89. The Morgan fingerprint density at radius 1 is 1.39 bits per heavy atom. The predicted octanol–water partition coefficient (Wildman–Crippen LogP) is 2.83. The lowest BCUT2D eigenvalue weighted by atomic mass is 9.97. The van der Waals surface area contributed by atoms with Crippen molar-refractivity contribution >= 4 is 11.9 Å². The molecule has 0 aromatic heterocycles. The van der Waals surface area contributed by atoms with Crippen LogP contribution in [0.4, 0.5) is 4.79 Å². The van der Waals surface area contributed by atoms with Crippen molar-refractivity contribution in [3.05, 3.63) is 12.7 Å². The Hall–Kier alpha value is -1.32. The van der Waals surface area contributed by atoms with Gasteiger partial charge >= 0.3 is 6.09 Å². The van der Waals surface area contributed by atoms with E-state index in [-0.39, 0.29) is 17.7 Å². The summed E-state index contributed by atoms with van der Waals surface area (Å²) in [4.78, 5) is 23.0. The number of allylic oxidation sites excluding steroid dienone is 1. The van der Waals surface area contributed by atoms with Crippen molar-refractivity contribution in [1.29, 1.82) is 0 Å². The largest absolute Gasteiger partial charge is 0.444 e. The molecule has 0 radical (unpaired) electrons. The number of rotatable bonds is 4. The topological polar surface area (TPSA) is 55.4 Å². The van der Waals surface area contributed by atoms with Gasteiger partial charge in [-0.25, -0.2) is 4.79 Å². The Balaban J connectivity index is 2.47. The average molecular weight is 253 g/mol. The van der Waals surface area contributed by atoms with Gasteiger partial charge < -0.3 is 10.1 Å². The Morgan fingerprint density at radius 3 is 2.61 bits per heavy atom. The molecule has 2 atom stereocenters. The Kier molecular flexibility index (Phi) is 4.93. The second-order valence-corrected chi connectivity index (χ2v) is 5.82. The van der Waals surface area contributed by atoms with Crippen molar-refractivity contribution < 1.29 is 14.3 Å². The van der Waals surface area contributed by atoms with Crippen molar-refractivity contribution in [3.63, 3.8) is 0 Å². The van der Waals surface area contributed by atoms with E-state index in [4.69, 9.17) is 4.74 Å². The Labute approximate surface area is 109 Å². The fourth-order valence-corrected chi connectivity index (χ4v) is 2.27. The minimum atomic E-state index is -0.491. The number of hydrogen-bond acceptors (Lipinski definition) is 3. The summed E-state index contributed by atoms with van der Waals surface area (Å²) in [6.07, 6.45) is 4.34. The summed E-state index contributed by atoms with van der Waals surface area (Å²) in [6, 6.07) is 0.0451. The number of carbonyl (C=O) groups is 2. The van der Waals surface area contributed by atoms with Crippen LogP contribution >= 0.6 is 0 Å². The van der Waals surface area contributed by atoms with Crippen molar-refractivity contribution in [2.24, 2.45) is 5.92 Å². The lowest BCUT2D eigenvalue weighted by Crippen LogP contribution is -2.41. The fraction of sp³-hybridized carbons (Fsp3) is 0.714. The van der Waals surface area contributed by atoms with E-state index in [1.54, 1.807) is 0 Å². The third-order valence-electron chi connectivity index (χ3n) is 3.05. The monoisotopic (exact) mass is 253 g/mol. The van der Waals surface area contributed by atoms with Crippen molar-refractivity contribution in [1.82, 2.24) is 5.32 Å². The maximum Gasteiger partial charge on any atom is 0.407 e. The maximum atomic E-state index is 11.7. The molecule has 0 spiro atoms. The smallest absolute Gasteiger partial charge is 0.407 e. The van der Waals surface area contributed by atoms with Crippen LogP contribution < -0.4 is 5.32 Å². The number of nitrogens with one attached hydrogen (secondary N) is 1. The first kappa shape index (κ1) is 14.7.